The van der Waals surface area contributed by atoms with E-state index in [9.17, 15) is 14.7 Å². The van der Waals surface area contributed by atoms with Gasteiger partial charge >= 0.3 is 5.97 Å². The van der Waals surface area contributed by atoms with Crippen LogP contribution in [0.15, 0.2) is 11.4 Å². The van der Waals surface area contributed by atoms with Gasteiger partial charge in [-0.25, -0.2) is 4.79 Å². The molecule has 3 rings (SSSR count). The van der Waals surface area contributed by atoms with Crippen molar-refractivity contribution in [3.63, 3.8) is 0 Å². The van der Waals surface area contributed by atoms with E-state index in [0.717, 1.165) is 25.7 Å². The van der Waals surface area contributed by atoms with E-state index in [1.54, 1.807) is 23.5 Å². The summed E-state index contributed by atoms with van der Waals surface area (Å²) in [5, 5.41) is 11.2. The van der Waals surface area contributed by atoms with Crippen molar-refractivity contribution in [2.75, 3.05) is 7.11 Å². The maximum Gasteiger partial charge on any atom is 0.326 e. The highest BCUT2D eigenvalue weighted by molar-refractivity contribution is 7.12. The molecule has 2 heterocycles. The molecule has 3 atom stereocenters. The van der Waals surface area contributed by atoms with E-state index in [2.05, 4.69) is 0 Å². The van der Waals surface area contributed by atoms with Crippen molar-refractivity contribution in [3.05, 3.63) is 16.3 Å². The van der Waals surface area contributed by atoms with Crippen LogP contribution < -0.4 is 4.74 Å². The number of hydrogen-bond acceptors (Lipinski definition) is 4. The van der Waals surface area contributed by atoms with Crippen molar-refractivity contribution in [3.8, 4) is 5.75 Å². The molecular weight excluding hydrogens is 290 g/mol. The lowest BCUT2D eigenvalue weighted by Crippen LogP contribution is -2.46. The maximum atomic E-state index is 12.8. The zero-order valence-corrected chi connectivity index (χ0v) is 12.8. The van der Waals surface area contributed by atoms with Crippen LogP contribution in [0.3, 0.4) is 0 Å². The second kappa shape index (κ2) is 5.67. The second-order valence-corrected chi connectivity index (χ2v) is 6.68. The number of thiophene rings is 1. The van der Waals surface area contributed by atoms with Crippen LogP contribution in [0.5, 0.6) is 5.75 Å². The molecule has 2 aliphatic rings. The van der Waals surface area contributed by atoms with Crippen molar-refractivity contribution < 1.29 is 19.4 Å². The average Bonchev–Trinajstić information content (AvgIpc) is 3.11. The van der Waals surface area contributed by atoms with Crippen LogP contribution in [0, 0.1) is 5.92 Å². The zero-order valence-electron chi connectivity index (χ0n) is 11.9. The summed E-state index contributed by atoms with van der Waals surface area (Å²) in [6, 6.07) is 1.10. The quantitative estimate of drug-likeness (QED) is 0.932. The van der Waals surface area contributed by atoms with E-state index < -0.39 is 12.0 Å². The number of likely N-dealkylation sites (tertiary alicyclic amines) is 1. The lowest BCUT2D eigenvalue weighted by atomic mass is 9.85. The summed E-state index contributed by atoms with van der Waals surface area (Å²) in [6.45, 7) is 0. The summed E-state index contributed by atoms with van der Waals surface area (Å²) < 4.78 is 5.11. The molecular formula is C15H19NO4S. The summed E-state index contributed by atoms with van der Waals surface area (Å²) in [5.74, 6) is -0.0633. The topological polar surface area (TPSA) is 66.8 Å². The van der Waals surface area contributed by atoms with E-state index in [1.807, 2.05) is 0 Å². The number of ether oxygens (including phenoxy) is 1. The molecule has 0 aromatic carbocycles. The third-order valence-corrected chi connectivity index (χ3v) is 5.53. The summed E-state index contributed by atoms with van der Waals surface area (Å²) in [6.07, 6.45) is 4.76. The van der Waals surface area contributed by atoms with Gasteiger partial charge in [-0.15, -0.1) is 11.3 Å². The number of fused-ring (bicyclic) bond motifs is 1. The highest BCUT2D eigenvalue weighted by Gasteiger charge is 2.47. The van der Waals surface area contributed by atoms with Crippen LogP contribution in [0.2, 0.25) is 0 Å². The van der Waals surface area contributed by atoms with Gasteiger partial charge in [0.1, 0.15) is 11.8 Å². The molecule has 114 valence electrons. The van der Waals surface area contributed by atoms with E-state index in [1.165, 1.54) is 11.3 Å². The fourth-order valence-corrected chi connectivity index (χ4v) is 4.44. The normalized spacial score (nSPS) is 28.2. The van der Waals surface area contributed by atoms with Crippen molar-refractivity contribution in [1.82, 2.24) is 4.90 Å². The molecule has 1 aromatic heterocycles. The number of nitrogens with zero attached hydrogens (tertiary/aromatic N) is 1. The Morgan fingerprint density at radius 2 is 2.14 bits per heavy atom. The first-order chi connectivity index (χ1) is 10.1. The van der Waals surface area contributed by atoms with Crippen LogP contribution in [0.25, 0.3) is 0 Å². The van der Waals surface area contributed by atoms with Gasteiger partial charge in [-0.05, 0) is 25.2 Å². The Morgan fingerprint density at radius 3 is 2.81 bits per heavy atom. The molecule has 0 spiro atoms. The number of carbonyl (C=O) groups is 2. The summed E-state index contributed by atoms with van der Waals surface area (Å²) >= 11 is 1.31. The third-order valence-electron chi connectivity index (χ3n) is 4.63. The first-order valence-electron chi connectivity index (χ1n) is 7.30. The van der Waals surface area contributed by atoms with Crippen molar-refractivity contribution in [1.29, 1.82) is 0 Å². The Balaban J connectivity index is 1.88. The molecule has 0 bridgehead atoms. The minimum absolute atomic E-state index is 0.0837. The number of rotatable bonds is 3. The zero-order chi connectivity index (χ0) is 15.0. The van der Waals surface area contributed by atoms with Crippen LogP contribution in [-0.2, 0) is 4.79 Å². The number of amides is 1. The van der Waals surface area contributed by atoms with Gasteiger partial charge in [0.15, 0.2) is 0 Å². The fourth-order valence-electron chi connectivity index (χ4n) is 3.64. The minimum atomic E-state index is -0.888. The maximum absolute atomic E-state index is 12.8. The molecule has 6 heteroatoms. The molecule has 0 radical (unpaired) electrons. The van der Waals surface area contributed by atoms with Gasteiger partial charge in [-0.2, -0.15) is 0 Å². The smallest absolute Gasteiger partial charge is 0.326 e. The van der Waals surface area contributed by atoms with Crippen LogP contribution in [-0.4, -0.2) is 41.1 Å². The number of aliphatic carboxylic acids is 1. The Kier molecular flexibility index (Phi) is 3.89. The molecule has 1 aliphatic carbocycles. The average molecular weight is 309 g/mol. The Bertz CT molecular complexity index is 556. The second-order valence-electron chi connectivity index (χ2n) is 5.76. The predicted octanol–water partition coefficient (Wildman–Crippen LogP) is 2.61. The number of carboxylic acids is 1. The number of methoxy groups -OCH3 is 1. The number of carbonyl (C=O) groups excluding carboxylic acids is 1. The summed E-state index contributed by atoms with van der Waals surface area (Å²) in [4.78, 5) is 26.5. The first kappa shape index (κ1) is 14.4. The Morgan fingerprint density at radius 1 is 1.38 bits per heavy atom. The summed E-state index contributed by atoms with van der Waals surface area (Å²) in [5.41, 5.74) is 0. The SMILES string of the molecule is COc1csc(C(=O)N2[C@H](C(=O)O)C[C@H]3CCCC[C@@H]32)c1. The molecule has 5 nitrogen and oxygen atoms in total. The van der Waals surface area contributed by atoms with Gasteiger partial charge in [0.2, 0.25) is 0 Å². The van der Waals surface area contributed by atoms with Crippen molar-refractivity contribution >= 4 is 23.2 Å². The minimum Gasteiger partial charge on any atom is -0.496 e. The van der Waals surface area contributed by atoms with Crippen molar-refractivity contribution in [2.45, 2.75) is 44.2 Å². The van der Waals surface area contributed by atoms with Gasteiger partial charge in [0.25, 0.3) is 5.91 Å². The predicted molar refractivity (Wildman–Crippen MR) is 78.8 cm³/mol. The highest BCUT2D eigenvalue weighted by Crippen LogP contribution is 2.41. The van der Waals surface area contributed by atoms with E-state index in [4.69, 9.17) is 4.74 Å². The standard InChI is InChI=1S/C15H19NO4S/c1-20-10-7-13(21-8-10)14(17)16-11-5-3-2-4-9(11)6-12(16)15(18)19/h7-9,11-12H,2-6H2,1H3,(H,18,19)/t9-,11+,12+/m1/s1. The van der Waals surface area contributed by atoms with Crippen LogP contribution in [0.4, 0.5) is 0 Å². The molecule has 2 fully saturated rings. The van der Waals surface area contributed by atoms with Gasteiger partial charge in [-0.1, -0.05) is 12.8 Å². The molecule has 1 saturated heterocycles. The Labute approximate surface area is 127 Å². The lowest BCUT2D eigenvalue weighted by molar-refractivity contribution is -0.141. The van der Waals surface area contributed by atoms with Gasteiger partial charge in [0, 0.05) is 17.5 Å². The highest BCUT2D eigenvalue weighted by atomic mass is 32.1. The molecule has 1 N–H and O–H groups in total. The van der Waals surface area contributed by atoms with Gasteiger partial charge < -0.3 is 14.7 Å². The Hall–Kier alpha value is -1.56. The molecule has 1 saturated carbocycles. The lowest BCUT2D eigenvalue weighted by Gasteiger charge is -2.32. The third kappa shape index (κ3) is 2.52. The first-order valence-corrected chi connectivity index (χ1v) is 8.17. The molecule has 1 aliphatic heterocycles. The molecule has 0 unspecified atom stereocenters. The monoisotopic (exact) mass is 309 g/mol. The largest absolute Gasteiger partial charge is 0.496 e. The van der Waals surface area contributed by atoms with E-state index in [0.29, 0.717) is 23.0 Å². The fraction of sp³-hybridized carbons (Fsp3) is 0.600. The van der Waals surface area contributed by atoms with Gasteiger partial charge in [0.05, 0.1) is 12.0 Å². The van der Waals surface area contributed by atoms with Gasteiger partial charge in [-0.3, -0.25) is 4.79 Å². The van der Waals surface area contributed by atoms with Crippen molar-refractivity contribution in [2.24, 2.45) is 5.92 Å². The van der Waals surface area contributed by atoms with Crippen LogP contribution in [0.1, 0.15) is 41.8 Å². The van der Waals surface area contributed by atoms with E-state index in [-0.39, 0.29) is 11.9 Å². The summed E-state index contributed by atoms with van der Waals surface area (Å²) in [7, 11) is 1.56. The van der Waals surface area contributed by atoms with E-state index >= 15 is 0 Å². The van der Waals surface area contributed by atoms with Crippen LogP contribution >= 0.6 is 11.3 Å². The molecule has 1 amide bonds. The molecule has 21 heavy (non-hydrogen) atoms. The number of carboxylic acid groups (broad SMARTS) is 1. The molecule has 1 aromatic rings. The number of hydrogen-bond donors (Lipinski definition) is 1.